The summed E-state index contributed by atoms with van der Waals surface area (Å²) < 4.78 is 0. The molecule has 2 heteroatoms. The normalized spacial score (nSPS) is 23.0. The molecule has 2 N–H and O–H groups in total. The highest BCUT2D eigenvalue weighted by molar-refractivity contribution is 7.99. The van der Waals surface area contributed by atoms with Gasteiger partial charge in [-0.25, -0.2) is 0 Å². The Labute approximate surface area is 96.4 Å². The molecule has 0 saturated carbocycles. The second-order valence-electron chi connectivity index (χ2n) is 4.57. The van der Waals surface area contributed by atoms with Crippen LogP contribution in [0.5, 0.6) is 0 Å². The molecule has 1 aromatic carbocycles. The van der Waals surface area contributed by atoms with Crippen LogP contribution in [0.4, 0.5) is 0 Å². The summed E-state index contributed by atoms with van der Waals surface area (Å²) in [5, 5.41) is 0. The molecule has 2 atom stereocenters. The molecule has 1 fully saturated rings. The van der Waals surface area contributed by atoms with Gasteiger partial charge in [0.15, 0.2) is 0 Å². The largest absolute Gasteiger partial charge is 0.324 e. The van der Waals surface area contributed by atoms with Crippen LogP contribution in [-0.2, 0) is 0 Å². The minimum Gasteiger partial charge on any atom is -0.324 e. The third-order valence-corrected chi connectivity index (χ3v) is 4.29. The van der Waals surface area contributed by atoms with E-state index in [0.29, 0.717) is 5.92 Å². The lowest BCUT2D eigenvalue weighted by atomic mass is 9.91. The summed E-state index contributed by atoms with van der Waals surface area (Å²) in [5.74, 6) is 3.19. The molecule has 0 bridgehead atoms. The minimum absolute atomic E-state index is 0.235. The molecular formula is C13H19NS. The molecule has 0 aromatic heterocycles. The molecule has 2 rings (SSSR count). The van der Waals surface area contributed by atoms with Gasteiger partial charge < -0.3 is 5.73 Å². The Morgan fingerprint density at radius 1 is 1.27 bits per heavy atom. The van der Waals surface area contributed by atoms with Crippen LogP contribution in [-0.4, -0.2) is 11.5 Å². The molecule has 1 aromatic rings. The number of hydrogen-bond donors (Lipinski definition) is 1. The summed E-state index contributed by atoms with van der Waals surface area (Å²) in [5.41, 5.74) is 10.3. The van der Waals surface area contributed by atoms with Crippen molar-refractivity contribution < 1.29 is 0 Å². The van der Waals surface area contributed by atoms with E-state index in [1.165, 1.54) is 34.6 Å². The van der Waals surface area contributed by atoms with Gasteiger partial charge in [-0.15, -0.1) is 0 Å². The molecule has 1 saturated heterocycles. The van der Waals surface area contributed by atoms with Crippen molar-refractivity contribution in [1.29, 1.82) is 0 Å². The van der Waals surface area contributed by atoms with Gasteiger partial charge in [-0.3, -0.25) is 0 Å². The maximum absolute atomic E-state index is 6.32. The van der Waals surface area contributed by atoms with Gasteiger partial charge in [0.2, 0.25) is 0 Å². The molecule has 2 unspecified atom stereocenters. The molecule has 1 aliphatic rings. The van der Waals surface area contributed by atoms with Gasteiger partial charge in [-0.05, 0) is 43.3 Å². The van der Waals surface area contributed by atoms with Crippen LogP contribution < -0.4 is 5.73 Å². The predicted octanol–water partition coefficient (Wildman–Crippen LogP) is 3.06. The van der Waals surface area contributed by atoms with Gasteiger partial charge >= 0.3 is 0 Å². The standard InChI is InChI=1S/C13H19NS/c1-9-5-10(2)7-12(6-9)13(14)11-3-4-15-8-11/h5-7,11,13H,3-4,8,14H2,1-2H3. The first kappa shape index (κ1) is 11.0. The van der Waals surface area contributed by atoms with E-state index in [2.05, 4.69) is 32.0 Å². The molecule has 0 amide bonds. The maximum Gasteiger partial charge on any atom is 0.0331 e. The van der Waals surface area contributed by atoms with Gasteiger partial charge in [-0.1, -0.05) is 29.3 Å². The monoisotopic (exact) mass is 221 g/mol. The van der Waals surface area contributed by atoms with E-state index < -0.39 is 0 Å². The first-order chi connectivity index (χ1) is 7.16. The van der Waals surface area contributed by atoms with Crippen LogP contribution in [0.3, 0.4) is 0 Å². The van der Waals surface area contributed by atoms with Gasteiger partial charge in [0, 0.05) is 6.04 Å². The van der Waals surface area contributed by atoms with Gasteiger partial charge in [0.05, 0.1) is 0 Å². The van der Waals surface area contributed by atoms with Gasteiger partial charge in [-0.2, -0.15) is 11.8 Å². The average molecular weight is 221 g/mol. The highest BCUT2D eigenvalue weighted by Crippen LogP contribution is 2.33. The van der Waals surface area contributed by atoms with Crippen LogP contribution in [0.1, 0.15) is 29.2 Å². The second kappa shape index (κ2) is 4.58. The third kappa shape index (κ3) is 2.56. The number of thioether (sulfide) groups is 1. The number of nitrogens with two attached hydrogens (primary N) is 1. The molecule has 82 valence electrons. The van der Waals surface area contributed by atoms with Crippen molar-refractivity contribution in [2.24, 2.45) is 11.7 Å². The Morgan fingerprint density at radius 3 is 2.47 bits per heavy atom. The lowest BCUT2D eigenvalue weighted by Gasteiger charge is -2.19. The highest BCUT2D eigenvalue weighted by atomic mass is 32.2. The highest BCUT2D eigenvalue weighted by Gasteiger charge is 2.23. The third-order valence-electron chi connectivity index (χ3n) is 3.10. The first-order valence-corrected chi connectivity index (χ1v) is 6.74. The fourth-order valence-electron chi connectivity index (χ4n) is 2.31. The summed E-state index contributed by atoms with van der Waals surface area (Å²) in [6, 6.07) is 6.92. The average Bonchev–Trinajstić information content (AvgIpc) is 2.67. The van der Waals surface area contributed by atoms with E-state index in [1.807, 2.05) is 11.8 Å². The molecule has 1 nitrogen and oxygen atoms in total. The molecule has 0 spiro atoms. The fraction of sp³-hybridized carbons (Fsp3) is 0.538. The SMILES string of the molecule is Cc1cc(C)cc(C(N)C2CCSC2)c1. The van der Waals surface area contributed by atoms with Crippen LogP contribution in [0.2, 0.25) is 0 Å². The minimum atomic E-state index is 0.235. The van der Waals surface area contributed by atoms with E-state index in [4.69, 9.17) is 5.73 Å². The van der Waals surface area contributed by atoms with E-state index in [1.54, 1.807) is 0 Å². The van der Waals surface area contributed by atoms with Crippen molar-refractivity contribution in [3.63, 3.8) is 0 Å². The molecule has 1 heterocycles. The molecular weight excluding hydrogens is 202 g/mol. The zero-order valence-electron chi connectivity index (χ0n) is 9.49. The maximum atomic E-state index is 6.32. The van der Waals surface area contributed by atoms with Crippen LogP contribution >= 0.6 is 11.8 Å². The predicted molar refractivity (Wildman–Crippen MR) is 68.3 cm³/mol. The Morgan fingerprint density at radius 2 is 1.93 bits per heavy atom. The Kier molecular flexibility index (Phi) is 3.37. The van der Waals surface area contributed by atoms with Crippen LogP contribution in [0, 0.1) is 19.8 Å². The second-order valence-corrected chi connectivity index (χ2v) is 5.72. The van der Waals surface area contributed by atoms with Crippen molar-refractivity contribution in [3.05, 3.63) is 34.9 Å². The topological polar surface area (TPSA) is 26.0 Å². The van der Waals surface area contributed by atoms with E-state index >= 15 is 0 Å². The molecule has 15 heavy (non-hydrogen) atoms. The lowest BCUT2D eigenvalue weighted by Crippen LogP contribution is -2.21. The van der Waals surface area contributed by atoms with Gasteiger partial charge in [0.1, 0.15) is 0 Å². The quantitative estimate of drug-likeness (QED) is 0.830. The van der Waals surface area contributed by atoms with Crippen molar-refractivity contribution in [2.45, 2.75) is 26.3 Å². The Bertz CT molecular complexity index is 322. The first-order valence-electron chi connectivity index (χ1n) is 5.58. The van der Waals surface area contributed by atoms with Crippen molar-refractivity contribution >= 4 is 11.8 Å². The van der Waals surface area contributed by atoms with Crippen LogP contribution in [0.25, 0.3) is 0 Å². The smallest absolute Gasteiger partial charge is 0.0331 e. The number of aryl methyl sites for hydroxylation is 2. The van der Waals surface area contributed by atoms with Crippen molar-refractivity contribution in [2.75, 3.05) is 11.5 Å². The fourth-order valence-corrected chi connectivity index (χ4v) is 3.62. The summed E-state index contributed by atoms with van der Waals surface area (Å²) in [4.78, 5) is 0. The zero-order valence-corrected chi connectivity index (χ0v) is 10.3. The van der Waals surface area contributed by atoms with Crippen molar-refractivity contribution in [3.8, 4) is 0 Å². The summed E-state index contributed by atoms with van der Waals surface area (Å²) >= 11 is 2.03. The zero-order chi connectivity index (χ0) is 10.8. The molecule has 0 radical (unpaired) electrons. The lowest BCUT2D eigenvalue weighted by molar-refractivity contribution is 0.482. The number of rotatable bonds is 2. The summed E-state index contributed by atoms with van der Waals surface area (Å²) in [7, 11) is 0. The van der Waals surface area contributed by atoms with E-state index in [9.17, 15) is 0 Å². The molecule has 0 aliphatic carbocycles. The summed E-state index contributed by atoms with van der Waals surface area (Å²) in [6.45, 7) is 4.29. The van der Waals surface area contributed by atoms with E-state index in [0.717, 1.165) is 0 Å². The molecule has 1 aliphatic heterocycles. The number of benzene rings is 1. The Hall–Kier alpha value is -0.470. The van der Waals surface area contributed by atoms with Gasteiger partial charge in [0.25, 0.3) is 0 Å². The Balaban J connectivity index is 2.20. The summed E-state index contributed by atoms with van der Waals surface area (Å²) in [6.07, 6.45) is 1.28. The van der Waals surface area contributed by atoms with E-state index in [-0.39, 0.29) is 6.04 Å². The number of hydrogen-bond acceptors (Lipinski definition) is 2. The van der Waals surface area contributed by atoms with Crippen LogP contribution in [0.15, 0.2) is 18.2 Å². The van der Waals surface area contributed by atoms with Crippen molar-refractivity contribution in [1.82, 2.24) is 0 Å².